The van der Waals surface area contributed by atoms with Gasteiger partial charge in [0.25, 0.3) is 0 Å². The molecule has 3 nitrogen and oxygen atoms in total. The molecule has 0 aromatic heterocycles. The van der Waals surface area contributed by atoms with Crippen molar-refractivity contribution in [2.75, 3.05) is 0 Å². The van der Waals surface area contributed by atoms with E-state index in [4.69, 9.17) is 5.73 Å². The number of amides is 1. The molecule has 0 aromatic rings. The Morgan fingerprint density at radius 3 is 2.30 bits per heavy atom. The standard InChI is InChI=1S/C14H23F3N2O/c15-14(16,17)13(9-4-1-2-5-9)19-12(20)8-10-6-3-7-11(10)18/h9-11,13H,1-8,18H2,(H,19,20)/t10-,11+,13?/m0/s1. The summed E-state index contributed by atoms with van der Waals surface area (Å²) in [6, 6.07) is -1.73. The molecule has 0 saturated heterocycles. The van der Waals surface area contributed by atoms with E-state index in [1.54, 1.807) is 0 Å². The normalized spacial score (nSPS) is 29.6. The van der Waals surface area contributed by atoms with Gasteiger partial charge in [0.05, 0.1) is 0 Å². The van der Waals surface area contributed by atoms with Crippen LogP contribution in [0.3, 0.4) is 0 Å². The Morgan fingerprint density at radius 2 is 1.80 bits per heavy atom. The van der Waals surface area contributed by atoms with Gasteiger partial charge in [-0.05, 0) is 37.5 Å². The number of hydrogen-bond donors (Lipinski definition) is 2. The van der Waals surface area contributed by atoms with E-state index in [9.17, 15) is 18.0 Å². The summed E-state index contributed by atoms with van der Waals surface area (Å²) < 4.78 is 39.2. The van der Waals surface area contributed by atoms with E-state index >= 15 is 0 Å². The molecule has 3 atom stereocenters. The van der Waals surface area contributed by atoms with Crippen molar-refractivity contribution in [2.24, 2.45) is 17.6 Å². The number of hydrogen-bond acceptors (Lipinski definition) is 2. The maximum absolute atomic E-state index is 13.1. The van der Waals surface area contributed by atoms with Gasteiger partial charge in [0.1, 0.15) is 6.04 Å². The van der Waals surface area contributed by atoms with E-state index in [0.29, 0.717) is 12.8 Å². The van der Waals surface area contributed by atoms with Gasteiger partial charge < -0.3 is 11.1 Å². The second-order valence-corrected chi connectivity index (χ2v) is 6.19. The van der Waals surface area contributed by atoms with Crippen LogP contribution in [0.2, 0.25) is 0 Å². The van der Waals surface area contributed by atoms with Crippen LogP contribution in [0, 0.1) is 11.8 Å². The third-order valence-corrected chi connectivity index (χ3v) is 4.71. The largest absolute Gasteiger partial charge is 0.408 e. The highest BCUT2D eigenvalue weighted by molar-refractivity contribution is 5.76. The van der Waals surface area contributed by atoms with Gasteiger partial charge in [0.2, 0.25) is 5.91 Å². The average Bonchev–Trinajstić information content (AvgIpc) is 2.97. The molecule has 6 heteroatoms. The molecule has 0 radical (unpaired) electrons. The Labute approximate surface area is 117 Å². The first-order valence-electron chi connectivity index (χ1n) is 7.49. The summed E-state index contributed by atoms with van der Waals surface area (Å²) in [5.74, 6) is -0.926. The lowest BCUT2D eigenvalue weighted by atomic mass is 9.95. The Bertz CT molecular complexity index is 340. The van der Waals surface area contributed by atoms with Crippen molar-refractivity contribution in [3.05, 3.63) is 0 Å². The number of nitrogens with one attached hydrogen (secondary N) is 1. The van der Waals surface area contributed by atoms with Crippen molar-refractivity contribution in [1.29, 1.82) is 0 Å². The molecule has 2 rings (SSSR count). The summed E-state index contributed by atoms with van der Waals surface area (Å²) in [6.45, 7) is 0. The summed E-state index contributed by atoms with van der Waals surface area (Å²) in [5, 5.41) is 2.23. The fourth-order valence-electron chi connectivity index (χ4n) is 3.55. The van der Waals surface area contributed by atoms with Crippen molar-refractivity contribution >= 4 is 5.91 Å². The summed E-state index contributed by atoms with van der Waals surface area (Å²) >= 11 is 0. The third kappa shape index (κ3) is 3.87. The molecule has 0 spiro atoms. The fraction of sp³-hybridized carbons (Fsp3) is 0.929. The molecule has 20 heavy (non-hydrogen) atoms. The first-order valence-corrected chi connectivity index (χ1v) is 7.49. The summed E-state index contributed by atoms with van der Waals surface area (Å²) in [4.78, 5) is 11.9. The summed E-state index contributed by atoms with van der Waals surface area (Å²) in [6.07, 6.45) is 1.17. The van der Waals surface area contributed by atoms with Crippen LogP contribution in [-0.2, 0) is 4.79 Å². The van der Waals surface area contributed by atoms with Gasteiger partial charge in [0, 0.05) is 12.5 Å². The number of carbonyl (C=O) groups is 1. The molecular formula is C14H23F3N2O. The first-order chi connectivity index (χ1) is 9.38. The number of alkyl halides is 3. The molecule has 2 aliphatic rings. The zero-order chi connectivity index (χ0) is 14.8. The maximum atomic E-state index is 13.1. The van der Waals surface area contributed by atoms with Crippen molar-refractivity contribution in [3.8, 4) is 0 Å². The van der Waals surface area contributed by atoms with Crippen molar-refractivity contribution < 1.29 is 18.0 Å². The number of rotatable bonds is 4. The van der Waals surface area contributed by atoms with Crippen molar-refractivity contribution in [2.45, 2.75) is 69.6 Å². The van der Waals surface area contributed by atoms with Gasteiger partial charge >= 0.3 is 6.18 Å². The highest BCUT2D eigenvalue weighted by atomic mass is 19.4. The van der Waals surface area contributed by atoms with Gasteiger partial charge in [-0.3, -0.25) is 4.79 Å². The minimum Gasteiger partial charge on any atom is -0.344 e. The minimum atomic E-state index is -4.36. The molecule has 2 fully saturated rings. The highest BCUT2D eigenvalue weighted by Crippen LogP contribution is 2.36. The zero-order valence-electron chi connectivity index (χ0n) is 11.6. The van der Waals surface area contributed by atoms with Gasteiger partial charge in [-0.2, -0.15) is 13.2 Å². The van der Waals surface area contributed by atoms with E-state index in [0.717, 1.165) is 32.1 Å². The number of halogens is 3. The fourth-order valence-corrected chi connectivity index (χ4v) is 3.55. The van der Waals surface area contributed by atoms with Crippen LogP contribution >= 0.6 is 0 Å². The first kappa shape index (κ1) is 15.6. The lowest BCUT2D eigenvalue weighted by molar-refractivity contribution is -0.172. The van der Waals surface area contributed by atoms with Crippen LogP contribution in [0.15, 0.2) is 0 Å². The second-order valence-electron chi connectivity index (χ2n) is 6.19. The van der Waals surface area contributed by atoms with E-state index in [1.807, 2.05) is 0 Å². The number of carbonyl (C=O) groups excluding carboxylic acids is 1. The van der Waals surface area contributed by atoms with Crippen LogP contribution in [0.4, 0.5) is 13.2 Å². The van der Waals surface area contributed by atoms with E-state index in [2.05, 4.69) is 5.32 Å². The predicted molar refractivity (Wildman–Crippen MR) is 69.9 cm³/mol. The lowest BCUT2D eigenvalue weighted by Gasteiger charge is -2.27. The van der Waals surface area contributed by atoms with Crippen LogP contribution in [0.5, 0.6) is 0 Å². The maximum Gasteiger partial charge on any atom is 0.408 e. The van der Waals surface area contributed by atoms with Gasteiger partial charge in [-0.25, -0.2) is 0 Å². The molecule has 3 N–H and O–H groups in total. The Morgan fingerprint density at radius 1 is 1.15 bits per heavy atom. The van der Waals surface area contributed by atoms with E-state index in [1.165, 1.54) is 0 Å². The van der Waals surface area contributed by atoms with Crippen LogP contribution in [-0.4, -0.2) is 24.2 Å². The smallest absolute Gasteiger partial charge is 0.344 e. The average molecular weight is 292 g/mol. The van der Waals surface area contributed by atoms with Crippen molar-refractivity contribution in [3.63, 3.8) is 0 Å². The Kier molecular flexibility index (Phi) is 4.94. The molecule has 0 heterocycles. The van der Waals surface area contributed by atoms with Gasteiger partial charge in [-0.15, -0.1) is 0 Å². The second kappa shape index (κ2) is 6.33. The Hall–Kier alpha value is -0.780. The molecule has 0 bridgehead atoms. The zero-order valence-corrected chi connectivity index (χ0v) is 11.6. The molecular weight excluding hydrogens is 269 g/mol. The molecule has 116 valence electrons. The highest BCUT2D eigenvalue weighted by Gasteiger charge is 2.46. The van der Waals surface area contributed by atoms with E-state index < -0.39 is 24.0 Å². The molecule has 0 aromatic carbocycles. The molecule has 0 aliphatic heterocycles. The van der Waals surface area contributed by atoms with Crippen LogP contribution < -0.4 is 11.1 Å². The summed E-state index contributed by atoms with van der Waals surface area (Å²) in [7, 11) is 0. The van der Waals surface area contributed by atoms with E-state index in [-0.39, 0.29) is 18.4 Å². The monoisotopic (exact) mass is 292 g/mol. The Balaban J connectivity index is 1.91. The van der Waals surface area contributed by atoms with Gasteiger partial charge in [0.15, 0.2) is 0 Å². The third-order valence-electron chi connectivity index (χ3n) is 4.71. The van der Waals surface area contributed by atoms with Crippen LogP contribution in [0.1, 0.15) is 51.4 Å². The SMILES string of the molecule is N[C@@H]1CCC[C@H]1CC(=O)NC(C1CCCC1)C(F)(F)F. The molecule has 1 unspecified atom stereocenters. The molecule has 1 amide bonds. The molecule has 2 aliphatic carbocycles. The molecule has 2 saturated carbocycles. The van der Waals surface area contributed by atoms with Crippen LogP contribution in [0.25, 0.3) is 0 Å². The quantitative estimate of drug-likeness (QED) is 0.837. The predicted octanol–water partition coefficient (Wildman–Crippen LogP) is 2.74. The number of nitrogens with two attached hydrogens (primary N) is 1. The summed E-state index contributed by atoms with van der Waals surface area (Å²) in [5.41, 5.74) is 5.86. The topological polar surface area (TPSA) is 55.1 Å². The van der Waals surface area contributed by atoms with Crippen molar-refractivity contribution in [1.82, 2.24) is 5.32 Å². The lowest BCUT2D eigenvalue weighted by Crippen LogP contribution is -2.50. The van der Waals surface area contributed by atoms with Gasteiger partial charge in [-0.1, -0.05) is 19.3 Å². The minimum absolute atomic E-state index is 0.0347.